The zero-order valence-corrected chi connectivity index (χ0v) is 19.1. The van der Waals surface area contributed by atoms with Gasteiger partial charge in [-0.1, -0.05) is 53.5 Å². The highest BCUT2D eigenvalue weighted by atomic mass is 35.5. The van der Waals surface area contributed by atoms with Gasteiger partial charge >= 0.3 is 5.97 Å². The van der Waals surface area contributed by atoms with Crippen LogP contribution in [-0.2, 0) is 22.4 Å². The Morgan fingerprint density at radius 2 is 1.66 bits per heavy atom. The van der Waals surface area contributed by atoms with Gasteiger partial charge in [-0.15, -0.1) is 0 Å². The van der Waals surface area contributed by atoms with Crippen LogP contribution in [0.25, 0.3) is 0 Å². The zero-order valence-electron chi connectivity index (χ0n) is 17.6. The van der Waals surface area contributed by atoms with Gasteiger partial charge in [0.2, 0.25) is 0 Å². The van der Waals surface area contributed by atoms with Gasteiger partial charge in [-0.3, -0.25) is 14.6 Å². The fraction of sp³-hybridized carbons (Fsp3) is 0.304. The molecule has 7 nitrogen and oxygen atoms in total. The van der Waals surface area contributed by atoms with E-state index in [2.05, 4.69) is 10.3 Å². The summed E-state index contributed by atoms with van der Waals surface area (Å²) in [7, 11) is 0. The van der Waals surface area contributed by atoms with Crippen molar-refractivity contribution >= 4 is 46.7 Å². The highest BCUT2D eigenvalue weighted by Gasteiger charge is 2.23. The quantitative estimate of drug-likeness (QED) is 0.258. The number of ketones is 1. The molecule has 2 rings (SSSR count). The number of carbonyl (C=O) groups excluding carboxylic acids is 2. The molecule has 9 heteroatoms. The second-order valence-corrected chi connectivity index (χ2v) is 8.14. The van der Waals surface area contributed by atoms with Crippen LogP contribution in [-0.4, -0.2) is 41.2 Å². The highest BCUT2D eigenvalue weighted by Crippen LogP contribution is 2.24. The van der Waals surface area contributed by atoms with Crippen molar-refractivity contribution in [2.45, 2.75) is 38.6 Å². The lowest BCUT2D eigenvalue weighted by atomic mass is 10.0. The molecule has 32 heavy (non-hydrogen) atoms. The number of carbonyl (C=O) groups is 3. The molecule has 170 valence electrons. The van der Waals surface area contributed by atoms with Gasteiger partial charge in [0.1, 0.15) is 11.8 Å². The number of carboxylic acid groups (broad SMARTS) is 1. The highest BCUT2D eigenvalue weighted by molar-refractivity contribution is 6.39. The summed E-state index contributed by atoms with van der Waals surface area (Å²) in [5, 5.41) is 12.3. The fourth-order valence-electron chi connectivity index (χ4n) is 3.02. The van der Waals surface area contributed by atoms with Crippen molar-refractivity contribution < 1.29 is 19.5 Å². The Morgan fingerprint density at radius 1 is 1.06 bits per heavy atom. The Labute approximate surface area is 196 Å². The summed E-state index contributed by atoms with van der Waals surface area (Å²) in [5.41, 5.74) is 7.02. The van der Waals surface area contributed by atoms with E-state index in [4.69, 9.17) is 28.9 Å². The first-order valence-corrected chi connectivity index (χ1v) is 10.8. The summed E-state index contributed by atoms with van der Waals surface area (Å²) in [6, 6.07) is 10.5. The minimum Gasteiger partial charge on any atom is -0.480 e. The normalized spacial score (nSPS) is 12.3. The van der Waals surface area contributed by atoms with Gasteiger partial charge in [0.15, 0.2) is 0 Å². The van der Waals surface area contributed by atoms with Crippen LogP contribution in [0.2, 0.25) is 10.0 Å². The van der Waals surface area contributed by atoms with E-state index in [9.17, 15) is 19.5 Å². The Hall–Kier alpha value is -2.90. The number of hydrogen-bond donors (Lipinski definition) is 3. The Bertz CT molecular complexity index is 983. The summed E-state index contributed by atoms with van der Waals surface area (Å²) in [6.07, 6.45) is 1.40. The van der Waals surface area contributed by atoms with E-state index in [0.717, 1.165) is 5.56 Å². The molecule has 0 saturated heterocycles. The molecule has 1 amide bonds. The number of rotatable bonds is 11. The zero-order chi connectivity index (χ0) is 23.7. The van der Waals surface area contributed by atoms with Crippen molar-refractivity contribution in [1.29, 1.82) is 0 Å². The van der Waals surface area contributed by atoms with E-state index in [1.807, 2.05) is 0 Å². The molecule has 2 aromatic carbocycles. The third-order valence-electron chi connectivity index (χ3n) is 4.63. The van der Waals surface area contributed by atoms with Crippen LogP contribution in [0.4, 0.5) is 0 Å². The molecule has 4 N–H and O–H groups in total. The summed E-state index contributed by atoms with van der Waals surface area (Å²) < 4.78 is 0. The minimum absolute atomic E-state index is 0.0308. The number of nitrogens with zero attached hydrogens (tertiary/aromatic N) is 1. The third kappa shape index (κ3) is 7.98. The summed E-state index contributed by atoms with van der Waals surface area (Å²) in [4.78, 5) is 40.3. The van der Waals surface area contributed by atoms with Crippen molar-refractivity contribution in [2.24, 2.45) is 10.7 Å². The molecule has 0 spiro atoms. The topological polar surface area (TPSA) is 122 Å². The van der Waals surface area contributed by atoms with Crippen LogP contribution < -0.4 is 11.1 Å². The molecule has 1 atom stereocenters. The lowest BCUT2D eigenvalue weighted by molar-refractivity contribution is -0.139. The first kappa shape index (κ1) is 25.4. The minimum atomic E-state index is -1.18. The van der Waals surface area contributed by atoms with Crippen LogP contribution in [0.1, 0.15) is 41.3 Å². The molecular weight excluding hydrogens is 453 g/mol. The SMILES string of the molecule is CC(N)=NCCCC(=O)Cc1ccc(C[C@H](NC(=O)c2c(Cl)cccc2Cl)C(=O)O)cc1. The van der Waals surface area contributed by atoms with E-state index in [-0.39, 0.29) is 34.2 Å². The summed E-state index contributed by atoms with van der Waals surface area (Å²) in [6.45, 7) is 2.23. The number of amides is 1. The molecule has 0 aliphatic rings. The monoisotopic (exact) mass is 477 g/mol. The number of carboxylic acids is 1. The molecule has 0 unspecified atom stereocenters. The number of nitrogens with two attached hydrogens (primary N) is 1. The van der Waals surface area contributed by atoms with Crippen molar-refractivity contribution in [3.05, 3.63) is 69.2 Å². The molecule has 0 aromatic heterocycles. The molecule has 0 fully saturated rings. The predicted molar refractivity (Wildman–Crippen MR) is 126 cm³/mol. The van der Waals surface area contributed by atoms with Gasteiger partial charge in [-0.05, 0) is 36.6 Å². The first-order chi connectivity index (χ1) is 15.2. The van der Waals surface area contributed by atoms with Gasteiger partial charge in [0.25, 0.3) is 5.91 Å². The summed E-state index contributed by atoms with van der Waals surface area (Å²) >= 11 is 12.1. The van der Waals surface area contributed by atoms with Crippen molar-refractivity contribution in [2.75, 3.05) is 6.54 Å². The van der Waals surface area contributed by atoms with E-state index in [1.54, 1.807) is 37.3 Å². The molecule has 2 aromatic rings. The average Bonchev–Trinajstić information content (AvgIpc) is 2.71. The molecule has 0 radical (unpaired) electrons. The molecular formula is C23H25Cl2N3O4. The maximum Gasteiger partial charge on any atom is 0.326 e. The lowest BCUT2D eigenvalue weighted by Crippen LogP contribution is -2.42. The van der Waals surface area contributed by atoms with Crippen LogP contribution >= 0.6 is 23.2 Å². The number of nitrogens with one attached hydrogen (secondary N) is 1. The lowest BCUT2D eigenvalue weighted by Gasteiger charge is -2.16. The van der Waals surface area contributed by atoms with Crippen LogP contribution in [0, 0.1) is 0 Å². The van der Waals surface area contributed by atoms with Crippen molar-refractivity contribution in [1.82, 2.24) is 5.32 Å². The number of amidine groups is 1. The predicted octanol–water partition coefficient (Wildman–Crippen LogP) is 3.69. The van der Waals surface area contributed by atoms with Gasteiger partial charge in [0.05, 0.1) is 21.4 Å². The number of aliphatic imine (C=N–C) groups is 1. The van der Waals surface area contributed by atoms with Gasteiger partial charge in [-0.2, -0.15) is 0 Å². The molecule has 0 aliphatic heterocycles. The molecule has 0 heterocycles. The van der Waals surface area contributed by atoms with E-state index in [1.165, 1.54) is 12.1 Å². The maximum absolute atomic E-state index is 12.5. The van der Waals surface area contributed by atoms with E-state index in [0.29, 0.717) is 30.8 Å². The van der Waals surface area contributed by atoms with Gasteiger partial charge < -0.3 is 16.2 Å². The maximum atomic E-state index is 12.5. The summed E-state index contributed by atoms with van der Waals surface area (Å²) in [5.74, 6) is -1.26. The fourth-order valence-corrected chi connectivity index (χ4v) is 3.59. The van der Waals surface area contributed by atoms with Gasteiger partial charge in [-0.25, -0.2) is 4.79 Å². The molecule has 0 saturated carbocycles. The standard InChI is InChI=1S/C23H25Cl2N3O4/c1-14(26)27-11-3-4-17(29)12-15-7-9-16(10-8-15)13-20(23(31)32)28-22(30)21-18(24)5-2-6-19(21)25/h2,5-10,20H,3-4,11-13H2,1H3,(H2,26,27)(H,28,30)(H,31,32)/t20-/m0/s1. The number of Topliss-reactive ketones (excluding diaryl/α,β-unsaturated/α-hetero) is 1. The van der Waals surface area contributed by atoms with E-state index >= 15 is 0 Å². The Morgan fingerprint density at radius 3 is 2.22 bits per heavy atom. The largest absolute Gasteiger partial charge is 0.480 e. The van der Waals surface area contributed by atoms with Crippen molar-refractivity contribution in [3.63, 3.8) is 0 Å². The molecule has 0 bridgehead atoms. The smallest absolute Gasteiger partial charge is 0.326 e. The molecule has 0 aliphatic carbocycles. The number of halogens is 2. The van der Waals surface area contributed by atoms with Gasteiger partial charge in [0, 0.05) is 25.8 Å². The average molecular weight is 478 g/mol. The third-order valence-corrected chi connectivity index (χ3v) is 5.26. The van der Waals surface area contributed by atoms with Crippen molar-refractivity contribution in [3.8, 4) is 0 Å². The Kier molecular flexibility index (Phi) is 9.68. The first-order valence-electron chi connectivity index (χ1n) is 10.0. The van der Waals surface area contributed by atoms with Crippen LogP contribution in [0.5, 0.6) is 0 Å². The number of hydrogen-bond acceptors (Lipinski definition) is 4. The second kappa shape index (κ2) is 12.2. The number of benzene rings is 2. The van der Waals surface area contributed by atoms with Crippen LogP contribution in [0.15, 0.2) is 47.5 Å². The van der Waals surface area contributed by atoms with E-state index < -0.39 is 17.9 Å². The Balaban J connectivity index is 1.96. The number of aliphatic carboxylic acids is 1. The second-order valence-electron chi connectivity index (χ2n) is 7.32. The van der Waals surface area contributed by atoms with Crippen LogP contribution in [0.3, 0.4) is 0 Å².